The molecule has 2 unspecified atom stereocenters. The molecule has 3 nitrogen and oxygen atoms in total. The normalized spacial score (nSPS) is 29.5. The van der Waals surface area contributed by atoms with Crippen LogP contribution in [0.15, 0.2) is 10.5 Å². The molecule has 0 aromatic carbocycles. The van der Waals surface area contributed by atoms with Gasteiger partial charge in [0.2, 0.25) is 0 Å². The molecule has 1 fully saturated rings. The standard InChI is InChI=1S/C14H23NO2/c1-5-6-14(4)9-15-8-13(17-14)12-7-10(2)16-11(12)3/h7,13,15H,5-6,8-9H2,1-4H3. The SMILES string of the molecule is CCCC1(C)CNCC(c2cc(C)oc2C)O1. The van der Waals surface area contributed by atoms with Gasteiger partial charge in [-0.05, 0) is 33.3 Å². The van der Waals surface area contributed by atoms with E-state index in [0.29, 0.717) is 0 Å². The van der Waals surface area contributed by atoms with Crippen LogP contribution in [-0.4, -0.2) is 18.7 Å². The van der Waals surface area contributed by atoms with Crippen LogP contribution in [0.25, 0.3) is 0 Å². The monoisotopic (exact) mass is 237 g/mol. The van der Waals surface area contributed by atoms with E-state index in [1.807, 2.05) is 13.8 Å². The number of hydrogen-bond acceptors (Lipinski definition) is 3. The Morgan fingerprint density at radius 3 is 2.82 bits per heavy atom. The zero-order valence-corrected chi connectivity index (χ0v) is 11.3. The molecular weight excluding hydrogens is 214 g/mol. The van der Waals surface area contributed by atoms with Crippen molar-refractivity contribution in [3.8, 4) is 0 Å². The molecule has 0 saturated carbocycles. The fourth-order valence-electron chi connectivity index (χ4n) is 2.71. The number of furan rings is 1. The van der Waals surface area contributed by atoms with E-state index in [0.717, 1.165) is 37.5 Å². The minimum absolute atomic E-state index is 0.0463. The number of rotatable bonds is 3. The van der Waals surface area contributed by atoms with Gasteiger partial charge in [0.25, 0.3) is 0 Å². The van der Waals surface area contributed by atoms with Crippen LogP contribution in [-0.2, 0) is 4.74 Å². The van der Waals surface area contributed by atoms with E-state index in [-0.39, 0.29) is 11.7 Å². The van der Waals surface area contributed by atoms with Gasteiger partial charge in [0.15, 0.2) is 0 Å². The highest BCUT2D eigenvalue weighted by atomic mass is 16.5. The van der Waals surface area contributed by atoms with Gasteiger partial charge in [-0.15, -0.1) is 0 Å². The fraction of sp³-hybridized carbons (Fsp3) is 0.714. The Morgan fingerprint density at radius 1 is 1.47 bits per heavy atom. The van der Waals surface area contributed by atoms with Crippen molar-refractivity contribution in [2.45, 2.75) is 52.2 Å². The number of nitrogens with one attached hydrogen (secondary N) is 1. The fourth-order valence-corrected chi connectivity index (χ4v) is 2.71. The molecule has 3 heteroatoms. The first-order valence-corrected chi connectivity index (χ1v) is 6.49. The van der Waals surface area contributed by atoms with Gasteiger partial charge in [0, 0.05) is 18.7 Å². The van der Waals surface area contributed by atoms with Gasteiger partial charge in [0.1, 0.15) is 11.5 Å². The zero-order valence-electron chi connectivity index (χ0n) is 11.3. The van der Waals surface area contributed by atoms with Crippen LogP contribution in [0.2, 0.25) is 0 Å². The third-order valence-corrected chi connectivity index (χ3v) is 3.46. The third kappa shape index (κ3) is 2.72. The first-order chi connectivity index (χ1) is 8.04. The number of aryl methyl sites for hydroxylation is 2. The van der Waals surface area contributed by atoms with Crippen LogP contribution in [0.4, 0.5) is 0 Å². The molecule has 0 spiro atoms. The van der Waals surface area contributed by atoms with Crippen molar-refractivity contribution < 1.29 is 9.15 Å². The summed E-state index contributed by atoms with van der Waals surface area (Å²) >= 11 is 0. The van der Waals surface area contributed by atoms with Crippen molar-refractivity contribution in [3.63, 3.8) is 0 Å². The summed E-state index contributed by atoms with van der Waals surface area (Å²) in [7, 11) is 0. The third-order valence-electron chi connectivity index (χ3n) is 3.46. The first kappa shape index (κ1) is 12.7. The van der Waals surface area contributed by atoms with Crippen molar-refractivity contribution in [2.75, 3.05) is 13.1 Å². The van der Waals surface area contributed by atoms with Gasteiger partial charge in [-0.2, -0.15) is 0 Å². The predicted octanol–water partition coefficient (Wildman–Crippen LogP) is 3.12. The summed E-state index contributed by atoms with van der Waals surface area (Å²) < 4.78 is 11.9. The number of morpholine rings is 1. The highest BCUT2D eigenvalue weighted by molar-refractivity contribution is 5.24. The van der Waals surface area contributed by atoms with Crippen molar-refractivity contribution >= 4 is 0 Å². The molecule has 0 bridgehead atoms. The average molecular weight is 237 g/mol. The number of ether oxygens (including phenoxy) is 1. The van der Waals surface area contributed by atoms with Crippen LogP contribution in [0.3, 0.4) is 0 Å². The van der Waals surface area contributed by atoms with Crippen LogP contribution < -0.4 is 5.32 Å². The molecule has 96 valence electrons. The molecule has 1 aromatic heterocycles. The molecule has 1 aliphatic rings. The summed E-state index contributed by atoms with van der Waals surface area (Å²) in [4.78, 5) is 0. The van der Waals surface area contributed by atoms with Crippen molar-refractivity contribution in [3.05, 3.63) is 23.2 Å². The summed E-state index contributed by atoms with van der Waals surface area (Å²) in [6, 6.07) is 2.10. The Balaban J connectivity index is 2.14. The maximum absolute atomic E-state index is 6.27. The zero-order chi connectivity index (χ0) is 12.5. The summed E-state index contributed by atoms with van der Waals surface area (Å²) in [5, 5.41) is 3.48. The lowest BCUT2D eigenvalue weighted by atomic mass is 9.96. The molecule has 0 aliphatic carbocycles. The summed E-state index contributed by atoms with van der Waals surface area (Å²) in [5.41, 5.74) is 1.15. The van der Waals surface area contributed by atoms with Crippen molar-refractivity contribution in [2.24, 2.45) is 0 Å². The molecule has 2 heterocycles. The van der Waals surface area contributed by atoms with E-state index >= 15 is 0 Å². The molecular formula is C14H23NO2. The minimum atomic E-state index is -0.0463. The molecule has 17 heavy (non-hydrogen) atoms. The summed E-state index contributed by atoms with van der Waals surface area (Å²) in [6.45, 7) is 10.2. The molecule has 2 rings (SSSR count). The second kappa shape index (κ2) is 4.83. The van der Waals surface area contributed by atoms with Crippen LogP contribution >= 0.6 is 0 Å². The van der Waals surface area contributed by atoms with E-state index < -0.39 is 0 Å². The second-order valence-corrected chi connectivity index (χ2v) is 5.31. The van der Waals surface area contributed by atoms with E-state index in [2.05, 4.69) is 25.2 Å². The van der Waals surface area contributed by atoms with E-state index in [4.69, 9.17) is 9.15 Å². The number of hydrogen-bond donors (Lipinski definition) is 1. The van der Waals surface area contributed by atoms with Crippen LogP contribution in [0.1, 0.15) is 49.9 Å². The molecule has 0 amide bonds. The van der Waals surface area contributed by atoms with Gasteiger partial charge in [0.05, 0.1) is 11.7 Å². The van der Waals surface area contributed by atoms with Crippen molar-refractivity contribution in [1.82, 2.24) is 5.32 Å². The Bertz CT molecular complexity index is 382. The lowest BCUT2D eigenvalue weighted by Crippen LogP contribution is -2.48. The van der Waals surface area contributed by atoms with Gasteiger partial charge in [-0.25, -0.2) is 0 Å². The predicted molar refractivity (Wildman–Crippen MR) is 68.2 cm³/mol. The topological polar surface area (TPSA) is 34.4 Å². The van der Waals surface area contributed by atoms with Crippen LogP contribution in [0.5, 0.6) is 0 Å². The quantitative estimate of drug-likeness (QED) is 0.877. The summed E-state index contributed by atoms with van der Waals surface area (Å²) in [5.74, 6) is 1.94. The van der Waals surface area contributed by atoms with Crippen LogP contribution in [0, 0.1) is 13.8 Å². The Morgan fingerprint density at radius 2 is 2.24 bits per heavy atom. The maximum atomic E-state index is 6.27. The van der Waals surface area contributed by atoms with Gasteiger partial charge < -0.3 is 14.5 Å². The largest absolute Gasteiger partial charge is 0.466 e. The van der Waals surface area contributed by atoms with Crippen molar-refractivity contribution in [1.29, 1.82) is 0 Å². The first-order valence-electron chi connectivity index (χ1n) is 6.49. The Hall–Kier alpha value is -0.800. The molecule has 1 aliphatic heterocycles. The lowest BCUT2D eigenvalue weighted by molar-refractivity contribution is -0.112. The maximum Gasteiger partial charge on any atom is 0.106 e. The highest BCUT2D eigenvalue weighted by Crippen LogP contribution is 2.32. The van der Waals surface area contributed by atoms with E-state index in [9.17, 15) is 0 Å². The molecule has 0 radical (unpaired) electrons. The van der Waals surface area contributed by atoms with Gasteiger partial charge in [-0.1, -0.05) is 13.3 Å². The minimum Gasteiger partial charge on any atom is -0.466 e. The molecule has 1 saturated heterocycles. The average Bonchev–Trinajstić information content (AvgIpc) is 2.58. The molecule has 1 aromatic rings. The van der Waals surface area contributed by atoms with Gasteiger partial charge in [-0.3, -0.25) is 0 Å². The van der Waals surface area contributed by atoms with E-state index in [1.54, 1.807) is 0 Å². The Labute approximate surface area is 104 Å². The molecule has 1 N–H and O–H groups in total. The summed E-state index contributed by atoms with van der Waals surface area (Å²) in [6.07, 6.45) is 2.36. The lowest BCUT2D eigenvalue weighted by Gasteiger charge is -2.39. The van der Waals surface area contributed by atoms with E-state index in [1.165, 1.54) is 5.56 Å². The highest BCUT2D eigenvalue weighted by Gasteiger charge is 2.33. The molecule has 2 atom stereocenters. The van der Waals surface area contributed by atoms with Gasteiger partial charge >= 0.3 is 0 Å². The smallest absolute Gasteiger partial charge is 0.106 e. The second-order valence-electron chi connectivity index (χ2n) is 5.31. The Kier molecular flexibility index (Phi) is 3.59.